The van der Waals surface area contributed by atoms with Gasteiger partial charge in [0.05, 0.1) is 13.0 Å². The fourth-order valence-electron chi connectivity index (χ4n) is 1.09. The van der Waals surface area contributed by atoms with E-state index in [0.29, 0.717) is 5.69 Å². The number of carboxylic acids is 1. The SMILES string of the molecule is O=C(O)CC(CO)c1ccccn1. The predicted octanol–water partition coefficient (Wildman–Crippen LogP) is 0.632. The Morgan fingerprint density at radius 1 is 1.54 bits per heavy atom. The third-order valence-electron chi connectivity index (χ3n) is 1.75. The number of pyridine rings is 1. The summed E-state index contributed by atoms with van der Waals surface area (Å²) in [6.45, 7) is -0.191. The van der Waals surface area contributed by atoms with Gasteiger partial charge in [-0.1, -0.05) is 6.07 Å². The topological polar surface area (TPSA) is 70.4 Å². The smallest absolute Gasteiger partial charge is 0.304 e. The monoisotopic (exact) mass is 181 g/mol. The Labute approximate surface area is 75.9 Å². The molecule has 4 heteroatoms. The van der Waals surface area contributed by atoms with Crippen molar-refractivity contribution in [1.29, 1.82) is 0 Å². The van der Waals surface area contributed by atoms with Crippen LogP contribution in [0.4, 0.5) is 0 Å². The lowest BCUT2D eigenvalue weighted by Crippen LogP contribution is -2.11. The molecule has 0 aliphatic heterocycles. The summed E-state index contributed by atoms with van der Waals surface area (Å²) in [4.78, 5) is 14.4. The molecule has 13 heavy (non-hydrogen) atoms. The van der Waals surface area contributed by atoms with Crippen molar-refractivity contribution < 1.29 is 15.0 Å². The molecule has 1 unspecified atom stereocenters. The molecular weight excluding hydrogens is 170 g/mol. The van der Waals surface area contributed by atoms with Crippen molar-refractivity contribution in [2.24, 2.45) is 0 Å². The molecule has 0 spiro atoms. The fraction of sp³-hybridized carbons (Fsp3) is 0.333. The minimum absolute atomic E-state index is 0.0898. The number of nitrogens with zero attached hydrogens (tertiary/aromatic N) is 1. The second-order valence-electron chi connectivity index (χ2n) is 2.73. The first kappa shape index (κ1) is 9.67. The molecule has 1 aromatic rings. The van der Waals surface area contributed by atoms with E-state index >= 15 is 0 Å². The summed E-state index contributed by atoms with van der Waals surface area (Å²) >= 11 is 0. The first-order valence-corrected chi connectivity index (χ1v) is 3.97. The van der Waals surface area contributed by atoms with Crippen LogP contribution in [-0.2, 0) is 4.79 Å². The molecule has 0 aliphatic rings. The van der Waals surface area contributed by atoms with Crippen molar-refractivity contribution in [2.75, 3.05) is 6.61 Å². The average molecular weight is 181 g/mol. The van der Waals surface area contributed by atoms with Gasteiger partial charge in [-0.05, 0) is 12.1 Å². The van der Waals surface area contributed by atoms with Crippen molar-refractivity contribution in [1.82, 2.24) is 4.98 Å². The van der Waals surface area contributed by atoms with Gasteiger partial charge in [0.1, 0.15) is 0 Å². The van der Waals surface area contributed by atoms with Crippen LogP contribution in [0.1, 0.15) is 18.0 Å². The maximum absolute atomic E-state index is 10.4. The maximum atomic E-state index is 10.4. The Morgan fingerprint density at radius 2 is 2.31 bits per heavy atom. The molecule has 0 fully saturated rings. The van der Waals surface area contributed by atoms with E-state index in [2.05, 4.69) is 4.98 Å². The minimum Gasteiger partial charge on any atom is -0.481 e. The molecule has 1 rings (SSSR count). The lowest BCUT2D eigenvalue weighted by Gasteiger charge is -2.09. The van der Waals surface area contributed by atoms with Crippen molar-refractivity contribution in [2.45, 2.75) is 12.3 Å². The van der Waals surface area contributed by atoms with E-state index in [1.807, 2.05) is 0 Å². The molecule has 1 aromatic heterocycles. The van der Waals surface area contributed by atoms with Gasteiger partial charge in [-0.3, -0.25) is 9.78 Å². The number of rotatable bonds is 4. The zero-order valence-electron chi connectivity index (χ0n) is 7.05. The molecule has 0 aromatic carbocycles. The zero-order chi connectivity index (χ0) is 9.68. The van der Waals surface area contributed by atoms with Gasteiger partial charge in [0.15, 0.2) is 0 Å². The quantitative estimate of drug-likeness (QED) is 0.714. The summed E-state index contributed by atoms with van der Waals surface area (Å²) < 4.78 is 0. The van der Waals surface area contributed by atoms with E-state index in [1.54, 1.807) is 24.4 Å². The van der Waals surface area contributed by atoms with E-state index in [9.17, 15) is 4.79 Å². The molecule has 0 saturated heterocycles. The van der Waals surface area contributed by atoms with Crippen LogP contribution >= 0.6 is 0 Å². The second kappa shape index (κ2) is 4.57. The van der Waals surface area contributed by atoms with Gasteiger partial charge >= 0.3 is 5.97 Å². The molecule has 70 valence electrons. The number of hydrogen-bond donors (Lipinski definition) is 2. The third-order valence-corrected chi connectivity index (χ3v) is 1.75. The predicted molar refractivity (Wildman–Crippen MR) is 46.3 cm³/mol. The standard InChI is InChI=1S/C9H11NO3/c11-6-7(5-9(12)13)8-3-1-2-4-10-8/h1-4,7,11H,5-6H2,(H,12,13). The lowest BCUT2D eigenvalue weighted by molar-refractivity contribution is -0.137. The summed E-state index contributed by atoms with van der Waals surface area (Å²) in [5.41, 5.74) is 0.618. The molecule has 0 amide bonds. The summed E-state index contributed by atoms with van der Waals surface area (Å²) in [5.74, 6) is -1.33. The van der Waals surface area contributed by atoms with Crippen LogP contribution in [0.2, 0.25) is 0 Å². The molecule has 1 heterocycles. The van der Waals surface area contributed by atoms with Crippen LogP contribution in [0.5, 0.6) is 0 Å². The Balaban J connectivity index is 2.73. The highest BCUT2D eigenvalue weighted by molar-refractivity contribution is 5.67. The molecule has 2 N–H and O–H groups in total. The highest BCUT2D eigenvalue weighted by Crippen LogP contribution is 2.15. The van der Waals surface area contributed by atoms with E-state index in [4.69, 9.17) is 10.2 Å². The number of aliphatic carboxylic acids is 1. The Hall–Kier alpha value is -1.42. The summed E-state index contributed by atoms with van der Waals surface area (Å²) in [5, 5.41) is 17.5. The summed E-state index contributed by atoms with van der Waals surface area (Å²) in [7, 11) is 0. The largest absolute Gasteiger partial charge is 0.481 e. The fourth-order valence-corrected chi connectivity index (χ4v) is 1.09. The zero-order valence-corrected chi connectivity index (χ0v) is 7.05. The minimum atomic E-state index is -0.926. The van der Waals surface area contributed by atoms with Gasteiger partial charge in [0, 0.05) is 17.8 Å². The Bertz CT molecular complexity index is 273. The molecule has 1 atom stereocenters. The van der Waals surface area contributed by atoms with E-state index < -0.39 is 11.9 Å². The Kier molecular flexibility index (Phi) is 3.40. The molecule has 0 saturated carbocycles. The van der Waals surface area contributed by atoms with Crippen molar-refractivity contribution in [3.63, 3.8) is 0 Å². The maximum Gasteiger partial charge on any atom is 0.304 e. The number of aliphatic hydroxyl groups is 1. The van der Waals surface area contributed by atoms with Gasteiger partial charge < -0.3 is 10.2 Å². The number of aromatic nitrogens is 1. The second-order valence-corrected chi connectivity index (χ2v) is 2.73. The first-order valence-electron chi connectivity index (χ1n) is 3.97. The number of aliphatic hydroxyl groups excluding tert-OH is 1. The van der Waals surface area contributed by atoms with Crippen LogP contribution in [0, 0.1) is 0 Å². The lowest BCUT2D eigenvalue weighted by atomic mass is 10.0. The molecule has 4 nitrogen and oxygen atoms in total. The van der Waals surface area contributed by atoms with Crippen LogP contribution < -0.4 is 0 Å². The van der Waals surface area contributed by atoms with Crippen molar-refractivity contribution in [3.05, 3.63) is 30.1 Å². The molecule has 0 radical (unpaired) electrons. The number of carbonyl (C=O) groups is 1. The van der Waals surface area contributed by atoms with Crippen molar-refractivity contribution in [3.8, 4) is 0 Å². The van der Waals surface area contributed by atoms with Crippen LogP contribution in [0.15, 0.2) is 24.4 Å². The Morgan fingerprint density at radius 3 is 2.77 bits per heavy atom. The normalized spacial score (nSPS) is 12.4. The van der Waals surface area contributed by atoms with E-state index in [1.165, 1.54) is 0 Å². The van der Waals surface area contributed by atoms with Gasteiger partial charge in [-0.25, -0.2) is 0 Å². The summed E-state index contributed by atoms with van der Waals surface area (Å²) in [6.07, 6.45) is 1.49. The molecular formula is C9H11NO3. The van der Waals surface area contributed by atoms with Gasteiger partial charge in [-0.15, -0.1) is 0 Å². The van der Waals surface area contributed by atoms with E-state index in [-0.39, 0.29) is 13.0 Å². The van der Waals surface area contributed by atoms with Gasteiger partial charge in [0.2, 0.25) is 0 Å². The number of carboxylic acid groups (broad SMARTS) is 1. The number of hydrogen-bond acceptors (Lipinski definition) is 3. The van der Waals surface area contributed by atoms with Crippen LogP contribution in [0.25, 0.3) is 0 Å². The highest BCUT2D eigenvalue weighted by atomic mass is 16.4. The first-order chi connectivity index (χ1) is 6.24. The summed E-state index contributed by atoms with van der Waals surface area (Å²) in [6, 6.07) is 5.23. The van der Waals surface area contributed by atoms with Gasteiger partial charge in [0.25, 0.3) is 0 Å². The van der Waals surface area contributed by atoms with Crippen LogP contribution in [0.3, 0.4) is 0 Å². The highest BCUT2D eigenvalue weighted by Gasteiger charge is 2.14. The third kappa shape index (κ3) is 2.83. The average Bonchev–Trinajstić information content (AvgIpc) is 2.15. The van der Waals surface area contributed by atoms with Crippen LogP contribution in [-0.4, -0.2) is 27.8 Å². The molecule has 0 bridgehead atoms. The van der Waals surface area contributed by atoms with E-state index in [0.717, 1.165) is 0 Å². The van der Waals surface area contributed by atoms with Crippen molar-refractivity contribution >= 4 is 5.97 Å². The molecule has 0 aliphatic carbocycles. The van der Waals surface area contributed by atoms with Gasteiger partial charge in [-0.2, -0.15) is 0 Å².